The summed E-state index contributed by atoms with van der Waals surface area (Å²) in [5.74, 6) is 0.824. The molecule has 0 aliphatic rings. The number of hydrogen-bond acceptors (Lipinski definition) is 3. The van der Waals surface area contributed by atoms with Crippen molar-refractivity contribution in [3.63, 3.8) is 0 Å². The zero-order chi connectivity index (χ0) is 15.4. The van der Waals surface area contributed by atoms with E-state index in [1.165, 1.54) is 4.90 Å². The molecule has 0 aliphatic heterocycles. The Morgan fingerprint density at radius 1 is 1.29 bits per heavy atom. The Hall–Kier alpha value is -0.680. The lowest BCUT2D eigenvalue weighted by Gasteiger charge is -2.12. The van der Waals surface area contributed by atoms with Crippen molar-refractivity contribution in [3.8, 4) is 0 Å². The van der Waals surface area contributed by atoms with Crippen LogP contribution < -0.4 is 5.73 Å². The molecule has 0 bridgehead atoms. The predicted molar refractivity (Wildman–Crippen MR) is 91.5 cm³/mol. The van der Waals surface area contributed by atoms with E-state index in [9.17, 15) is 0 Å². The van der Waals surface area contributed by atoms with Crippen LogP contribution in [-0.2, 0) is 19.9 Å². The maximum Gasteiger partial charge on any atom is 0.0850 e. The van der Waals surface area contributed by atoms with E-state index in [1.807, 2.05) is 42.9 Å². The molecule has 2 rings (SSSR count). The average molecular weight is 344 g/mol. The molecule has 6 heteroatoms. The minimum atomic E-state index is 0.0308. The Bertz CT molecular complexity index is 596. The lowest BCUT2D eigenvalue weighted by molar-refractivity contribution is 0.650. The fourth-order valence-electron chi connectivity index (χ4n) is 2.08. The van der Waals surface area contributed by atoms with Gasteiger partial charge >= 0.3 is 0 Å². The van der Waals surface area contributed by atoms with Gasteiger partial charge in [-0.15, -0.1) is 11.8 Å². The Labute approximate surface area is 139 Å². The molecule has 3 nitrogen and oxygen atoms in total. The van der Waals surface area contributed by atoms with Crippen LogP contribution in [0.2, 0.25) is 10.0 Å². The molecule has 0 saturated heterocycles. The summed E-state index contributed by atoms with van der Waals surface area (Å²) in [4.78, 5) is 1.17. The predicted octanol–water partition coefficient (Wildman–Crippen LogP) is 3.95. The number of thioether (sulfide) groups is 1. The molecule has 1 heterocycles. The Kier molecular flexibility index (Phi) is 5.99. The second-order valence-corrected chi connectivity index (χ2v) is 6.82. The van der Waals surface area contributed by atoms with Gasteiger partial charge in [-0.05, 0) is 30.7 Å². The Morgan fingerprint density at radius 2 is 1.95 bits per heavy atom. The average Bonchev–Trinajstić information content (AvgIpc) is 2.74. The van der Waals surface area contributed by atoms with Gasteiger partial charge in [0.05, 0.1) is 16.4 Å². The zero-order valence-corrected chi connectivity index (χ0v) is 14.5. The van der Waals surface area contributed by atoms with Gasteiger partial charge in [0.25, 0.3) is 0 Å². The molecule has 0 amide bonds. The van der Waals surface area contributed by atoms with Crippen molar-refractivity contribution in [1.82, 2.24) is 9.78 Å². The molecule has 21 heavy (non-hydrogen) atoms. The van der Waals surface area contributed by atoms with Gasteiger partial charge in [0.1, 0.15) is 0 Å². The first-order valence-electron chi connectivity index (χ1n) is 6.85. The molecule has 1 atom stereocenters. The fourth-order valence-corrected chi connectivity index (χ4v) is 3.43. The molecule has 2 aromatic rings. The first kappa shape index (κ1) is 16.7. The molecule has 1 aromatic carbocycles. The van der Waals surface area contributed by atoms with E-state index in [0.717, 1.165) is 40.0 Å². The van der Waals surface area contributed by atoms with E-state index >= 15 is 0 Å². The molecule has 0 aliphatic carbocycles. The maximum absolute atomic E-state index is 6.35. The first-order chi connectivity index (χ1) is 10.0. The highest BCUT2D eigenvalue weighted by Gasteiger charge is 2.16. The van der Waals surface area contributed by atoms with Gasteiger partial charge in [0, 0.05) is 35.2 Å². The second kappa shape index (κ2) is 7.54. The van der Waals surface area contributed by atoms with Crippen molar-refractivity contribution >= 4 is 35.0 Å². The molecule has 0 radical (unpaired) electrons. The standard InChI is InChI=1S/C15H19Cl2N3S/c1-3-13-15(17)14(20(2)19-13)8-11(18)9-21-12-6-4-10(16)5-7-12/h4-7,11H,3,8-9,18H2,1-2H3. The van der Waals surface area contributed by atoms with Crippen LogP contribution in [0.15, 0.2) is 29.2 Å². The van der Waals surface area contributed by atoms with Gasteiger partial charge in [-0.2, -0.15) is 5.10 Å². The Balaban J connectivity index is 1.94. The SMILES string of the molecule is CCc1nn(C)c(CC(N)CSc2ccc(Cl)cc2)c1Cl. The van der Waals surface area contributed by atoms with Gasteiger partial charge in [-0.3, -0.25) is 4.68 Å². The van der Waals surface area contributed by atoms with Crippen LogP contribution in [0.4, 0.5) is 0 Å². The molecule has 1 unspecified atom stereocenters. The molecule has 2 N–H and O–H groups in total. The van der Waals surface area contributed by atoms with Crippen LogP contribution in [-0.4, -0.2) is 21.6 Å². The van der Waals surface area contributed by atoms with Crippen LogP contribution in [0.5, 0.6) is 0 Å². The zero-order valence-electron chi connectivity index (χ0n) is 12.1. The van der Waals surface area contributed by atoms with E-state index in [0.29, 0.717) is 0 Å². The molecular weight excluding hydrogens is 325 g/mol. The second-order valence-electron chi connectivity index (χ2n) is 4.91. The number of benzene rings is 1. The first-order valence-corrected chi connectivity index (χ1v) is 8.59. The molecule has 114 valence electrons. The van der Waals surface area contributed by atoms with Gasteiger partial charge in [0.15, 0.2) is 0 Å². The normalized spacial score (nSPS) is 12.6. The van der Waals surface area contributed by atoms with Gasteiger partial charge in [-0.1, -0.05) is 30.1 Å². The molecule has 0 spiro atoms. The van der Waals surface area contributed by atoms with Gasteiger partial charge < -0.3 is 5.73 Å². The summed E-state index contributed by atoms with van der Waals surface area (Å²) in [5.41, 5.74) is 8.17. The summed E-state index contributed by atoms with van der Waals surface area (Å²) in [5, 5.41) is 5.92. The number of aryl methyl sites for hydroxylation is 2. The van der Waals surface area contributed by atoms with Crippen molar-refractivity contribution in [1.29, 1.82) is 0 Å². The molecule has 1 aromatic heterocycles. The molecule has 0 saturated carbocycles. The molecule has 0 fully saturated rings. The number of aromatic nitrogens is 2. The number of halogens is 2. The highest BCUT2D eigenvalue weighted by atomic mass is 35.5. The number of hydrogen-bond donors (Lipinski definition) is 1. The minimum Gasteiger partial charge on any atom is -0.327 e. The minimum absolute atomic E-state index is 0.0308. The van der Waals surface area contributed by atoms with E-state index in [1.54, 1.807) is 11.8 Å². The summed E-state index contributed by atoms with van der Waals surface area (Å²) in [6.45, 7) is 2.05. The van der Waals surface area contributed by atoms with Crippen LogP contribution in [0.3, 0.4) is 0 Å². The molecular formula is C15H19Cl2N3S. The summed E-state index contributed by atoms with van der Waals surface area (Å²) >= 11 is 13.9. The lowest BCUT2D eigenvalue weighted by Crippen LogP contribution is -2.26. The number of nitrogens with two attached hydrogens (primary N) is 1. The third kappa shape index (κ3) is 4.39. The summed E-state index contributed by atoms with van der Waals surface area (Å²) in [6, 6.07) is 7.82. The van der Waals surface area contributed by atoms with Crippen molar-refractivity contribution < 1.29 is 0 Å². The van der Waals surface area contributed by atoms with E-state index in [4.69, 9.17) is 28.9 Å². The quantitative estimate of drug-likeness (QED) is 0.807. The van der Waals surface area contributed by atoms with E-state index < -0.39 is 0 Å². The smallest absolute Gasteiger partial charge is 0.0850 e. The van der Waals surface area contributed by atoms with E-state index in [-0.39, 0.29) is 6.04 Å². The monoisotopic (exact) mass is 343 g/mol. The van der Waals surface area contributed by atoms with Crippen molar-refractivity contribution in [3.05, 3.63) is 45.7 Å². The van der Waals surface area contributed by atoms with Crippen LogP contribution >= 0.6 is 35.0 Å². The highest BCUT2D eigenvalue weighted by molar-refractivity contribution is 7.99. The van der Waals surface area contributed by atoms with Crippen molar-refractivity contribution in [2.24, 2.45) is 12.8 Å². The third-order valence-corrected chi connectivity index (χ3v) is 5.12. The van der Waals surface area contributed by atoms with Crippen LogP contribution in [0.1, 0.15) is 18.3 Å². The van der Waals surface area contributed by atoms with Crippen molar-refractivity contribution in [2.45, 2.75) is 30.7 Å². The summed E-state index contributed by atoms with van der Waals surface area (Å²) in [6.07, 6.45) is 1.56. The van der Waals surface area contributed by atoms with Crippen molar-refractivity contribution in [2.75, 3.05) is 5.75 Å². The topological polar surface area (TPSA) is 43.8 Å². The maximum atomic E-state index is 6.35. The number of nitrogens with zero attached hydrogens (tertiary/aromatic N) is 2. The highest BCUT2D eigenvalue weighted by Crippen LogP contribution is 2.24. The van der Waals surface area contributed by atoms with Gasteiger partial charge in [0.2, 0.25) is 0 Å². The summed E-state index contributed by atoms with van der Waals surface area (Å²) in [7, 11) is 1.92. The Morgan fingerprint density at radius 3 is 2.52 bits per heavy atom. The third-order valence-electron chi connectivity index (χ3n) is 3.24. The largest absolute Gasteiger partial charge is 0.327 e. The van der Waals surface area contributed by atoms with Crippen LogP contribution in [0, 0.1) is 0 Å². The summed E-state index contributed by atoms with van der Waals surface area (Å²) < 4.78 is 1.84. The number of rotatable bonds is 6. The van der Waals surface area contributed by atoms with E-state index in [2.05, 4.69) is 5.10 Å². The lowest BCUT2D eigenvalue weighted by atomic mass is 10.2. The fraction of sp³-hybridized carbons (Fsp3) is 0.400. The van der Waals surface area contributed by atoms with Crippen LogP contribution in [0.25, 0.3) is 0 Å². The van der Waals surface area contributed by atoms with Gasteiger partial charge in [-0.25, -0.2) is 0 Å².